The van der Waals surface area contributed by atoms with Crippen LogP contribution in [0.1, 0.15) is 0 Å². The van der Waals surface area contributed by atoms with E-state index in [1.165, 1.54) is 11.9 Å². The molecule has 4 heteroatoms. The number of hydrogen-bond donors (Lipinski definition) is 1. The van der Waals surface area contributed by atoms with Crippen molar-refractivity contribution in [2.24, 2.45) is 5.14 Å². The zero-order valence-electron chi connectivity index (χ0n) is 7.53. The minimum absolute atomic E-state index is 0.575. The molecule has 72 valence electrons. The van der Waals surface area contributed by atoms with Crippen LogP contribution in [-0.2, 0) is 4.74 Å². The molecular weight excluding hydrogens is 186 g/mol. The first kappa shape index (κ1) is 10.4. The minimum atomic E-state index is 0.575. The first-order valence-corrected chi connectivity index (χ1v) is 4.83. The minimum Gasteiger partial charge on any atom is -0.491 e. The Balaban J connectivity index is 2.40. The number of rotatable bonds is 5. The highest BCUT2D eigenvalue weighted by Crippen LogP contribution is 2.16. The van der Waals surface area contributed by atoms with Crippen LogP contribution in [0.4, 0.5) is 0 Å². The van der Waals surface area contributed by atoms with Gasteiger partial charge in [-0.1, -0.05) is 0 Å². The molecule has 0 spiro atoms. The van der Waals surface area contributed by atoms with Crippen molar-refractivity contribution < 1.29 is 9.47 Å². The van der Waals surface area contributed by atoms with Gasteiger partial charge in [-0.3, -0.25) is 5.14 Å². The molecule has 0 heterocycles. The van der Waals surface area contributed by atoms with E-state index in [4.69, 9.17) is 14.6 Å². The van der Waals surface area contributed by atoms with Crippen LogP contribution in [0.25, 0.3) is 0 Å². The van der Waals surface area contributed by atoms with Crippen molar-refractivity contribution in [1.29, 1.82) is 0 Å². The SMILES string of the molecule is COCCOc1ccc(SN)cc1. The Morgan fingerprint density at radius 1 is 1.23 bits per heavy atom. The first-order chi connectivity index (χ1) is 6.36. The van der Waals surface area contributed by atoms with Gasteiger partial charge in [0.05, 0.1) is 6.61 Å². The average Bonchev–Trinajstić information content (AvgIpc) is 2.19. The largest absolute Gasteiger partial charge is 0.491 e. The molecule has 0 radical (unpaired) electrons. The number of methoxy groups -OCH3 is 1. The molecule has 0 saturated heterocycles. The second-order valence-electron chi connectivity index (χ2n) is 2.43. The van der Waals surface area contributed by atoms with Gasteiger partial charge in [-0.05, 0) is 36.2 Å². The van der Waals surface area contributed by atoms with Gasteiger partial charge in [0.1, 0.15) is 12.4 Å². The van der Waals surface area contributed by atoms with Gasteiger partial charge in [-0.15, -0.1) is 0 Å². The summed E-state index contributed by atoms with van der Waals surface area (Å²) in [5, 5.41) is 5.38. The third kappa shape index (κ3) is 3.67. The van der Waals surface area contributed by atoms with Crippen molar-refractivity contribution in [3.63, 3.8) is 0 Å². The molecule has 0 aliphatic heterocycles. The summed E-state index contributed by atoms with van der Waals surface area (Å²) in [7, 11) is 1.65. The molecule has 0 bridgehead atoms. The van der Waals surface area contributed by atoms with Gasteiger partial charge in [0.25, 0.3) is 0 Å². The summed E-state index contributed by atoms with van der Waals surface area (Å²) in [6.45, 7) is 1.18. The fourth-order valence-electron chi connectivity index (χ4n) is 0.857. The van der Waals surface area contributed by atoms with Crippen LogP contribution in [0.3, 0.4) is 0 Å². The lowest BCUT2D eigenvalue weighted by Crippen LogP contribution is -2.03. The maximum absolute atomic E-state index is 5.38. The van der Waals surface area contributed by atoms with Gasteiger partial charge in [0, 0.05) is 12.0 Å². The maximum Gasteiger partial charge on any atom is 0.119 e. The van der Waals surface area contributed by atoms with Gasteiger partial charge in [-0.25, -0.2) is 0 Å². The number of hydrogen-bond acceptors (Lipinski definition) is 4. The van der Waals surface area contributed by atoms with E-state index in [9.17, 15) is 0 Å². The highest BCUT2D eigenvalue weighted by molar-refractivity contribution is 7.97. The van der Waals surface area contributed by atoms with Crippen LogP contribution in [0, 0.1) is 0 Å². The zero-order chi connectivity index (χ0) is 9.52. The summed E-state index contributed by atoms with van der Waals surface area (Å²) in [4.78, 5) is 1.03. The molecule has 13 heavy (non-hydrogen) atoms. The molecule has 0 fully saturated rings. The number of benzene rings is 1. The van der Waals surface area contributed by atoms with Crippen molar-refractivity contribution in [2.45, 2.75) is 4.90 Å². The molecule has 0 aromatic heterocycles. The third-order valence-electron chi connectivity index (χ3n) is 1.52. The Labute approximate surface area is 82.4 Å². The molecule has 0 atom stereocenters. The predicted octanol–water partition coefficient (Wildman–Crippen LogP) is 1.68. The fraction of sp³-hybridized carbons (Fsp3) is 0.333. The predicted molar refractivity (Wildman–Crippen MR) is 53.9 cm³/mol. The molecule has 0 aliphatic rings. The molecule has 0 unspecified atom stereocenters. The van der Waals surface area contributed by atoms with E-state index in [2.05, 4.69) is 0 Å². The maximum atomic E-state index is 5.38. The van der Waals surface area contributed by atoms with Crippen LogP contribution in [0.5, 0.6) is 5.75 Å². The smallest absolute Gasteiger partial charge is 0.119 e. The van der Waals surface area contributed by atoms with E-state index in [0.717, 1.165) is 10.6 Å². The highest BCUT2D eigenvalue weighted by Gasteiger charge is 1.93. The second kappa shape index (κ2) is 5.85. The first-order valence-electron chi connectivity index (χ1n) is 3.95. The highest BCUT2D eigenvalue weighted by atomic mass is 32.2. The van der Waals surface area contributed by atoms with Crippen molar-refractivity contribution in [2.75, 3.05) is 20.3 Å². The van der Waals surface area contributed by atoms with Crippen LogP contribution >= 0.6 is 11.9 Å². The average molecular weight is 199 g/mol. The standard InChI is InChI=1S/C9H13NO2S/c1-11-6-7-12-8-2-4-9(13-10)5-3-8/h2-5H,6-7,10H2,1H3. The Morgan fingerprint density at radius 2 is 1.92 bits per heavy atom. The molecule has 0 saturated carbocycles. The number of ether oxygens (including phenoxy) is 2. The van der Waals surface area contributed by atoms with Crippen molar-refractivity contribution >= 4 is 11.9 Å². The Hall–Kier alpha value is -0.710. The van der Waals surface area contributed by atoms with Crippen LogP contribution in [-0.4, -0.2) is 20.3 Å². The third-order valence-corrected chi connectivity index (χ3v) is 2.06. The molecular formula is C9H13NO2S. The Bertz CT molecular complexity index is 238. The van der Waals surface area contributed by atoms with Crippen LogP contribution in [0.15, 0.2) is 29.2 Å². The molecule has 3 nitrogen and oxygen atoms in total. The van der Waals surface area contributed by atoms with Crippen molar-refractivity contribution in [1.82, 2.24) is 0 Å². The number of nitrogens with two attached hydrogens (primary N) is 1. The molecule has 0 aliphatic carbocycles. The summed E-state index contributed by atoms with van der Waals surface area (Å²) in [6.07, 6.45) is 0. The van der Waals surface area contributed by atoms with Gasteiger partial charge in [0.2, 0.25) is 0 Å². The summed E-state index contributed by atoms with van der Waals surface area (Å²) in [5.41, 5.74) is 0. The molecule has 0 amide bonds. The van der Waals surface area contributed by atoms with Gasteiger partial charge < -0.3 is 9.47 Å². The normalized spacial score (nSPS) is 10.0. The van der Waals surface area contributed by atoms with E-state index < -0.39 is 0 Å². The molecule has 1 rings (SSSR count). The van der Waals surface area contributed by atoms with Crippen molar-refractivity contribution in [3.8, 4) is 5.75 Å². The van der Waals surface area contributed by atoms with Gasteiger partial charge in [0.15, 0.2) is 0 Å². The lowest BCUT2D eigenvalue weighted by atomic mass is 10.3. The van der Waals surface area contributed by atoms with E-state index in [0.29, 0.717) is 13.2 Å². The second-order valence-corrected chi connectivity index (χ2v) is 3.14. The van der Waals surface area contributed by atoms with E-state index in [-0.39, 0.29) is 0 Å². The van der Waals surface area contributed by atoms with E-state index in [1.54, 1.807) is 7.11 Å². The molecule has 1 aromatic carbocycles. The molecule has 1 aromatic rings. The van der Waals surface area contributed by atoms with E-state index in [1.807, 2.05) is 24.3 Å². The lowest BCUT2D eigenvalue weighted by Gasteiger charge is -2.05. The summed E-state index contributed by atoms with van der Waals surface area (Å²) < 4.78 is 10.2. The lowest BCUT2D eigenvalue weighted by molar-refractivity contribution is 0.146. The molecule has 2 N–H and O–H groups in total. The van der Waals surface area contributed by atoms with Crippen LogP contribution in [0.2, 0.25) is 0 Å². The summed E-state index contributed by atoms with van der Waals surface area (Å²) in [6, 6.07) is 7.63. The quantitative estimate of drug-likeness (QED) is 0.579. The summed E-state index contributed by atoms with van der Waals surface area (Å²) >= 11 is 1.23. The fourth-order valence-corrected chi connectivity index (χ4v) is 1.15. The monoisotopic (exact) mass is 199 g/mol. The van der Waals surface area contributed by atoms with Crippen molar-refractivity contribution in [3.05, 3.63) is 24.3 Å². The Kier molecular flexibility index (Phi) is 4.67. The van der Waals surface area contributed by atoms with Gasteiger partial charge >= 0.3 is 0 Å². The van der Waals surface area contributed by atoms with E-state index >= 15 is 0 Å². The Morgan fingerprint density at radius 3 is 2.46 bits per heavy atom. The van der Waals surface area contributed by atoms with Crippen LogP contribution < -0.4 is 9.88 Å². The van der Waals surface area contributed by atoms with Gasteiger partial charge in [-0.2, -0.15) is 0 Å². The summed E-state index contributed by atoms with van der Waals surface area (Å²) in [5.74, 6) is 0.842. The topological polar surface area (TPSA) is 44.5 Å². The zero-order valence-corrected chi connectivity index (χ0v) is 8.34.